The first kappa shape index (κ1) is 13.6. The lowest BCUT2D eigenvalue weighted by Crippen LogP contribution is -2.29. The topological polar surface area (TPSA) is 35.2 Å². The molecule has 2 nitrogen and oxygen atoms in total. The average Bonchev–Trinajstić information content (AvgIpc) is 2.40. The van der Waals surface area contributed by atoms with Crippen LogP contribution in [0.2, 0.25) is 0 Å². The second-order valence-corrected chi connectivity index (χ2v) is 4.72. The molecule has 2 rings (SSSR count). The van der Waals surface area contributed by atoms with Crippen molar-refractivity contribution >= 4 is 0 Å². The third kappa shape index (κ3) is 3.32. The minimum Gasteiger partial charge on any atom is -0.484 e. The molecule has 0 spiro atoms. The van der Waals surface area contributed by atoms with E-state index in [0.29, 0.717) is 11.3 Å². The Balaban J connectivity index is 2.24. The molecule has 100 valence electrons. The lowest BCUT2D eigenvalue weighted by Gasteiger charge is -2.23. The standard InChI is InChI=1S/C16H18FNO/c1-11-8-9-14(10-15(11)17)19-16(12(2)18)13-6-4-3-5-7-13/h3-10,12,16H,18H2,1-2H3. The van der Waals surface area contributed by atoms with Crippen LogP contribution in [0.5, 0.6) is 5.75 Å². The van der Waals surface area contributed by atoms with Crippen molar-refractivity contribution in [1.82, 2.24) is 0 Å². The number of rotatable bonds is 4. The Morgan fingerprint density at radius 3 is 2.37 bits per heavy atom. The van der Waals surface area contributed by atoms with Crippen molar-refractivity contribution in [3.63, 3.8) is 0 Å². The summed E-state index contributed by atoms with van der Waals surface area (Å²) in [6.07, 6.45) is -0.289. The van der Waals surface area contributed by atoms with E-state index in [0.717, 1.165) is 5.56 Å². The summed E-state index contributed by atoms with van der Waals surface area (Å²) >= 11 is 0. The number of ether oxygens (including phenoxy) is 1. The van der Waals surface area contributed by atoms with Gasteiger partial charge < -0.3 is 10.5 Å². The number of halogens is 1. The van der Waals surface area contributed by atoms with E-state index in [1.54, 1.807) is 19.1 Å². The predicted octanol–water partition coefficient (Wildman–Crippen LogP) is 3.60. The van der Waals surface area contributed by atoms with Crippen LogP contribution in [0.4, 0.5) is 4.39 Å². The Morgan fingerprint density at radius 1 is 1.11 bits per heavy atom. The van der Waals surface area contributed by atoms with Crippen molar-refractivity contribution in [3.05, 3.63) is 65.5 Å². The highest BCUT2D eigenvalue weighted by atomic mass is 19.1. The molecule has 0 aliphatic rings. The van der Waals surface area contributed by atoms with Crippen LogP contribution in [-0.2, 0) is 0 Å². The highest BCUT2D eigenvalue weighted by molar-refractivity contribution is 5.29. The summed E-state index contributed by atoms with van der Waals surface area (Å²) in [6.45, 7) is 3.60. The van der Waals surface area contributed by atoms with Gasteiger partial charge in [0.2, 0.25) is 0 Å². The minimum absolute atomic E-state index is 0.188. The molecule has 0 aromatic heterocycles. The molecule has 2 atom stereocenters. The molecule has 0 saturated heterocycles. The molecule has 0 saturated carbocycles. The van der Waals surface area contributed by atoms with E-state index in [1.807, 2.05) is 37.3 Å². The van der Waals surface area contributed by atoms with Gasteiger partial charge in [0.05, 0.1) is 0 Å². The Labute approximate surface area is 113 Å². The molecule has 2 N–H and O–H groups in total. The molecule has 0 aliphatic carbocycles. The van der Waals surface area contributed by atoms with Gasteiger partial charge in [-0.15, -0.1) is 0 Å². The Kier molecular flexibility index (Phi) is 4.17. The summed E-state index contributed by atoms with van der Waals surface area (Å²) < 4.78 is 19.4. The fourth-order valence-corrected chi connectivity index (χ4v) is 1.92. The number of nitrogens with two attached hydrogens (primary N) is 1. The maximum Gasteiger partial charge on any atom is 0.138 e. The highest BCUT2D eigenvalue weighted by Crippen LogP contribution is 2.25. The number of hydrogen-bond acceptors (Lipinski definition) is 2. The fraction of sp³-hybridized carbons (Fsp3) is 0.250. The normalized spacial score (nSPS) is 13.9. The van der Waals surface area contributed by atoms with Gasteiger partial charge in [0.15, 0.2) is 0 Å². The van der Waals surface area contributed by atoms with Crippen LogP contribution in [0.3, 0.4) is 0 Å². The summed E-state index contributed by atoms with van der Waals surface area (Å²) in [6, 6.07) is 14.4. The van der Waals surface area contributed by atoms with Crippen LogP contribution in [-0.4, -0.2) is 6.04 Å². The van der Waals surface area contributed by atoms with Crippen LogP contribution in [0.1, 0.15) is 24.2 Å². The van der Waals surface area contributed by atoms with Gasteiger partial charge >= 0.3 is 0 Å². The van der Waals surface area contributed by atoms with Crippen molar-refractivity contribution in [1.29, 1.82) is 0 Å². The fourth-order valence-electron chi connectivity index (χ4n) is 1.92. The van der Waals surface area contributed by atoms with Gasteiger partial charge in [-0.05, 0) is 31.0 Å². The van der Waals surface area contributed by atoms with E-state index in [4.69, 9.17) is 10.5 Å². The highest BCUT2D eigenvalue weighted by Gasteiger charge is 2.18. The second-order valence-electron chi connectivity index (χ2n) is 4.72. The van der Waals surface area contributed by atoms with Gasteiger partial charge in [0.25, 0.3) is 0 Å². The summed E-state index contributed by atoms with van der Waals surface area (Å²) in [5, 5.41) is 0. The summed E-state index contributed by atoms with van der Waals surface area (Å²) in [4.78, 5) is 0. The predicted molar refractivity (Wildman–Crippen MR) is 74.6 cm³/mol. The third-order valence-electron chi connectivity index (χ3n) is 3.01. The van der Waals surface area contributed by atoms with Crippen LogP contribution < -0.4 is 10.5 Å². The SMILES string of the molecule is Cc1ccc(OC(c2ccccc2)C(C)N)cc1F. The summed E-state index contributed by atoms with van der Waals surface area (Å²) in [5.41, 5.74) is 7.55. The van der Waals surface area contributed by atoms with Crippen molar-refractivity contribution in [2.24, 2.45) is 5.73 Å². The van der Waals surface area contributed by atoms with Crippen molar-refractivity contribution in [3.8, 4) is 5.75 Å². The zero-order chi connectivity index (χ0) is 13.8. The summed E-state index contributed by atoms with van der Waals surface area (Å²) in [7, 11) is 0. The van der Waals surface area contributed by atoms with Crippen LogP contribution in [0.15, 0.2) is 48.5 Å². The van der Waals surface area contributed by atoms with Crippen molar-refractivity contribution in [2.75, 3.05) is 0 Å². The molecule has 0 fully saturated rings. The smallest absolute Gasteiger partial charge is 0.138 e. The van der Waals surface area contributed by atoms with Crippen molar-refractivity contribution in [2.45, 2.75) is 26.0 Å². The number of benzene rings is 2. The molecular formula is C16H18FNO. The Morgan fingerprint density at radius 2 is 1.79 bits per heavy atom. The zero-order valence-corrected chi connectivity index (χ0v) is 11.1. The molecule has 2 unspecified atom stereocenters. The van der Waals surface area contributed by atoms with Crippen molar-refractivity contribution < 1.29 is 9.13 Å². The first-order valence-corrected chi connectivity index (χ1v) is 6.31. The van der Waals surface area contributed by atoms with Gasteiger partial charge in [-0.1, -0.05) is 36.4 Å². The molecule has 2 aromatic rings. The molecule has 0 bridgehead atoms. The molecule has 0 aliphatic heterocycles. The molecule has 3 heteroatoms. The first-order chi connectivity index (χ1) is 9.08. The van der Waals surface area contributed by atoms with Gasteiger partial charge in [0, 0.05) is 12.1 Å². The molecule has 2 aromatic carbocycles. The maximum atomic E-state index is 13.5. The second kappa shape index (κ2) is 5.85. The van der Waals surface area contributed by atoms with E-state index < -0.39 is 0 Å². The van der Waals surface area contributed by atoms with Crippen LogP contribution in [0.25, 0.3) is 0 Å². The van der Waals surface area contributed by atoms with Gasteiger partial charge in [-0.2, -0.15) is 0 Å². The van der Waals surface area contributed by atoms with Gasteiger partial charge in [0.1, 0.15) is 17.7 Å². The Bertz CT molecular complexity index is 540. The minimum atomic E-state index is -0.289. The van der Waals surface area contributed by atoms with Gasteiger partial charge in [-0.25, -0.2) is 4.39 Å². The monoisotopic (exact) mass is 259 g/mol. The van der Waals surface area contributed by atoms with Crippen LogP contribution in [0, 0.1) is 12.7 Å². The molecular weight excluding hydrogens is 241 g/mol. The molecule has 0 heterocycles. The number of hydrogen-bond donors (Lipinski definition) is 1. The van der Waals surface area contributed by atoms with Crippen LogP contribution >= 0.6 is 0 Å². The average molecular weight is 259 g/mol. The lowest BCUT2D eigenvalue weighted by molar-refractivity contribution is 0.179. The van der Waals surface area contributed by atoms with E-state index >= 15 is 0 Å². The number of aryl methyl sites for hydroxylation is 1. The maximum absolute atomic E-state index is 13.5. The van der Waals surface area contributed by atoms with E-state index in [1.165, 1.54) is 6.07 Å². The molecule has 0 radical (unpaired) electrons. The quantitative estimate of drug-likeness (QED) is 0.910. The molecule has 0 amide bonds. The van der Waals surface area contributed by atoms with E-state index in [-0.39, 0.29) is 18.0 Å². The Hall–Kier alpha value is -1.87. The zero-order valence-electron chi connectivity index (χ0n) is 11.1. The van der Waals surface area contributed by atoms with E-state index in [2.05, 4.69) is 0 Å². The first-order valence-electron chi connectivity index (χ1n) is 6.31. The summed E-state index contributed by atoms with van der Waals surface area (Å²) in [5.74, 6) is 0.225. The largest absolute Gasteiger partial charge is 0.484 e. The molecule has 19 heavy (non-hydrogen) atoms. The third-order valence-corrected chi connectivity index (χ3v) is 3.01. The van der Waals surface area contributed by atoms with Gasteiger partial charge in [-0.3, -0.25) is 0 Å². The lowest BCUT2D eigenvalue weighted by atomic mass is 10.0. The van der Waals surface area contributed by atoms with E-state index in [9.17, 15) is 4.39 Å².